The second-order valence-electron chi connectivity index (χ2n) is 6.08. The van der Waals surface area contributed by atoms with Gasteiger partial charge >= 0.3 is 6.03 Å². The molecule has 0 aliphatic heterocycles. The minimum atomic E-state index is -0.381. The Morgan fingerprint density at radius 1 is 1.33 bits per heavy atom. The van der Waals surface area contributed by atoms with Gasteiger partial charge in [0.2, 0.25) is 0 Å². The van der Waals surface area contributed by atoms with Crippen LogP contribution in [0.2, 0.25) is 5.02 Å². The number of nitrogens with zero attached hydrogens (tertiary/aromatic N) is 2. The van der Waals surface area contributed by atoms with Crippen molar-refractivity contribution in [2.45, 2.75) is 19.9 Å². The molecule has 2 aromatic heterocycles. The fourth-order valence-corrected chi connectivity index (χ4v) is 3.06. The lowest BCUT2D eigenvalue weighted by atomic mass is 10.2. The van der Waals surface area contributed by atoms with Gasteiger partial charge in [-0.05, 0) is 50.2 Å². The monoisotopic (exact) mass is 388 g/mol. The molecule has 1 aromatic carbocycles. The molecule has 7 nitrogen and oxygen atoms in total. The Morgan fingerprint density at radius 2 is 2.15 bits per heavy atom. The van der Waals surface area contributed by atoms with Crippen LogP contribution in [0.3, 0.4) is 0 Å². The van der Waals surface area contributed by atoms with Crippen LogP contribution >= 0.6 is 11.6 Å². The molecule has 3 aromatic rings. The highest BCUT2D eigenvalue weighted by molar-refractivity contribution is 6.31. The van der Waals surface area contributed by atoms with E-state index in [1.54, 1.807) is 24.5 Å². The average Bonchev–Trinajstić information content (AvgIpc) is 3.26. The topological polar surface area (TPSA) is 81.3 Å². The van der Waals surface area contributed by atoms with Gasteiger partial charge in [0, 0.05) is 17.3 Å². The zero-order chi connectivity index (χ0) is 19.4. The minimum absolute atomic E-state index is 0.263. The van der Waals surface area contributed by atoms with E-state index in [0.29, 0.717) is 28.8 Å². The SMILES string of the molecule is COc1ccc(Cl)cc1NC(=O)NC[C@H](c1ccco1)n1nc(C)cc1C. The number of furan rings is 1. The van der Waals surface area contributed by atoms with E-state index in [0.717, 1.165) is 11.4 Å². The van der Waals surface area contributed by atoms with Crippen molar-refractivity contribution in [3.8, 4) is 5.75 Å². The summed E-state index contributed by atoms with van der Waals surface area (Å²) in [5.41, 5.74) is 2.37. The van der Waals surface area contributed by atoms with Crippen molar-refractivity contribution in [1.82, 2.24) is 15.1 Å². The third kappa shape index (κ3) is 4.43. The van der Waals surface area contributed by atoms with Crippen LogP contribution in [0.4, 0.5) is 10.5 Å². The number of benzene rings is 1. The fourth-order valence-electron chi connectivity index (χ4n) is 2.88. The van der Waals surface area contributed by atoms with Crippen LogP contribution in [0, 0.1) is 13.8 Å². The minimum Gasteiger partial charge on any atom is -0.495 e. The molecule has 142 valence electrons. The third-order valence-electron chi connectivity index (χ3n) is 4.08. The summed E-state index contributed by atoms with van der Waals surface area (Å²) in [6.07, 6.45) is 1.60. The first-order valence-corrected chi connectivity index (χ1v) is 8.80. The van der Waals surface area contributed by atoms with Gasteiger partial charge in [0.15, 0.2) is 0 Å². The highest BCUT2D eigenvalue weighted by Gasteiger charge is 2.21. The van der Waals surface area contributed by atoms with Crippen LogP contribution < -0.4 is 15.4 Å². The number of aryl methyl sites for hydroxylation is 2. The van der Waals surface area contributed by atoms with E-state index in [-0.39, 0.29) is 12.1 Å². The van der Waals surface area contributed by atoms with Crippen LogP contribution in [-0.4, -0.2) is 29.5 Å². The number of halogens is 1. The Bertz CT molecular complexity index is 921. The predicted octanol–water partition coefficient (Wildman–Crippen LogP) is 4.17. The number of methoxy groups -OCH3 is 1. The smallest absolute Gasteiger partial charge is 0.319 e. The predicted molar refractivity (Wildman–Crippen MR) is 104 cm³/mol. The third-order valence-corrected chi connectivity index (χ3v) is 4.31. The quantitative estimate of drug-likeness (QED) is 0.664. The molecular weight excluding hydrogens is 368 g/mol. The van der Waals surface area contributed by atoms with Crippen LogP contribution in [0.15, 0.2) is 47.1 Å². The van der Waals surface area contributed by atoms with Gasteiger partial charge in [0.1, 0.15) is 17.6 Å². The summed E-state index contributed by atoms with van der Waals surface area (Å²) in [7, 11) is 1.53. The average molecular weight is 389 g/mol. The second-order valence-corrected chi connectivity index (χ2v) is 6.52. The Kier molecular flexibility index (Phi) is 5.71. The van der Waals surface area contributed by atoms with Crippen LogP contribution in [-0.2, 0) is 0 Å². The molecule has 0 fully saturated rings. The van der Waals surface area contributed by atoms with E-state index in [2.05, 4.69) is 15.7 Å². The lowest BCUT2D eigenvalue weighted by Gasteiger charge is -2.18. The maximum Gasteiger partial charge on any atom is 0.319 e. The Balaban J connectivity index is 1.73. The van der Waals surface area contributed by atoms with E-state index in [9.17, 15) is 4.79 Å². The number of carbonyl (C=O) groups excluding carboxylic acids is 1. The number of urea groups is 1. The first-order valence-electron chi connectivity index (χ1n) is 8.42. The molecule has 0 aliphatic carbocycles. The molecule has 0 aliphatic rings. The van der Waals surface area contributed by atoms with E-state index < -0.39 is 0 Å². The number of nitrogens with one attached hydrogen (secondary N) is 2. The molecule has 0 bridgehead atoms. The normalized spacial score (nSPS) is 11.9. The van der Waals surface area contributed by atoms with Gasteiger partial charge in [0.25, 0.3) is 0 Å². The summed E-state index contributed by atoms with van der Waals surface area (Å²) in [6.45, 7) is 4.19. The molecular formula is C19H21ClN4O3. The molecule has 1 atom stereocenters. The largest absolute Gasteiger partial charge is 0.495 e. The van der Waals surface area contributed by atoms with Gasteiger partial charge in [-0.25, -0.2) is 4.79 Å². The lowest BCUT2D eigenvalue weighted by Crippen LogP contribution is -2.35. The first-order chi connectivity index (χ1) is 13.0. The van der Waals surface area contributed by atoms with E-state index in [4.69, 9.17) is 20.8 Å². The maximum absolute atomic E-state index is 12.4. The molecule has 0 saturated carbocycles. The summed E-state index contributed by atoms with van der Waals surface area (Å²) in [4.78, 5) is 12.4. The van der Waals surface area contributed by atoms with Crippen molar-refractivity contribution >= 4 is 23.3 Å². The standard InChI is InChI=1S/C19H21ClN4O3/c1-12-9-13(2)24(23-12)16(18-5-4-8-27-18)11-21-19(25)22-15-10-14(20)6-7-17(15)26-3/h4-10,16H,11H2,1-3H3,(H2,21,22,25)/t16-/m1/s1. The van der Waals surface area contributed by atoms with Crippen molar-refractivity contribution in [2.75, 3.05) is 19.0 Å². The Morgan fingerprint density at radius 3 is 2.78 bits per heavy atom. The van der Waals surface area contributed by atoms with Gasteiger partial charge in [-0.15, -0.1) is 0 Å². The fraction of sp³-hybridized carbons (Fsp3) is 0.263. The van der Waals surface area contributed by atoms with Crippen LogP contribution in [0.5, 0.6) is 5.75 Å². The number of amides is 2. The summed E-state index contributed by atoms with van der Waals surface area (Å²) in [5.74, 6) is 1.23. The lowest BCUT2D eigenvalue weighted by molar-refractivity contribution is 0.249. The number of aromatic nitrogens is 2. The number of anilines is 1. The molecule has 0 radical (unpaired) electrons. The van der Waals surface area contributed by atoms with Gasteiger partial charge < -0.3 is 19.8 Å². The molecule has 8 heteroatoms. The molecule has 2 N–H and O–H groups in total. The molecule has 0 saturated heterocycles. The number of ether oxygens (including phenoxy) is 1. The summed E-state index contributed by atoms with van der Waals surface area (Å²) >= 11 is 6.00. The number of rotatable bonds is 6. The van der Waals surface area contributed by atoms with Crippen molar-refractivity contribution in [3.63, 3.8) is 0 Å². The van der Waals surface area contributed by atoms with Gasteiger partial charge in [-0.3, -0.25) is 4.68 Å². The van der Waals surface area contributed by atoms with Crippen molar-refractivity contribution < 1.29 is 13.9 Å². The van der Waals surface area contributed by atoms with E-state index in [1.807, 2.05) is 36.7 Å². The molecule has 0 unspecified atom stereocenters. The molecule has 27 heavy (non-hydrogen) atoms. The van der Waals surface area contributed by atoms with E-state index >= 15 is 0 Å². The van der Waals surface area contributed by atoms with Crippen molar-refractivity contribution in [3.05, 3.63) is 64.8 Å². The van der Waals surface area contributed by atoms with Gasteiger partial charge in [-0.2, -0.15) is 5.10 Å². The van der Waals surface area contributed by atoms with Crippen molar-refractivity contribution in [1.29, 1.82) is 0 Å². The Labute approximate surface area is 162 Å². The maximum atomic E-state index is 12.4. The van der Waals surface area contributed by atoms with E-state index in [1.165, 1.54) is 7.11 Å². The zero-order valence-corrected chi connectivity index (χ0v) is 16.1. The summed E-state index contributed by atoms with van der Waals surface area (Å²) in [5, 5.41) is 10.6. The second kappa shape index (κ2) is 8.18. The molecule has 2 heterocycles. The molecule has 0 spiro atoms. The summed E-state index contributed by atoms with van der Waals surface area (Å²) in [6, 6.07) is 10.0. The number of hydrogen-bond donors (Lipinski definition) is 2. The highest BCUT2D eigenvalue weighted by atomic mass is 35.5. The molecule has 2 amide bonds. The van der Waals surface area contributed by atoms with Gasteiger partial charge in [-0.1, -0.05) is 11.6 Å². The van der Waals surface area contributed by atoms with Crippen LogP contribution in [0.1, 0.15) is 23.2 Å². The molecule has 3 rings (SSSR count). The van der Waals surface area contributed by atoms with Crippen LogP contribution in [0.25, 0.3) is 0 Å². The number of hydrogen-bond acceptors (Lipinski definition) is 4. The van der Waals surface area contributed by atoms with Gasteiger partial charge in [0.05, 0.1) is 24.8 Å². The first kappa shape index (κ1) is 18.8. The summed E-state index contributed by atoms with van der Waals surface area (Å²) < 4.78 is 12.6. The van der Waals surface area contributed by atoms with Crippen molar-refractivity contribution in [2.24, 2.45) is 0 Å². The Hall–Kier alpha value is -2.93. The highest BCUT2D eigenvalue weighted by Crippen LogP contribution is 2.27. The number of carbonyl (C=O) groups is 1. The zero-order valence-electron chi connectivity index (χ0n) is 15.3.